The first kappa shape index (κ1) is 20.0. The molecule has 1 heterocycles. The van der Waals surface area contributed by atoms with Crippen LogP contribution in [-0.4, -0.2) is 33.4 Å². The zero-order valence-corrected chi connectivity index (χ0v) is 16.0. The molecular formula is C19H16ClN5O4. The highest BCUT2D eigenvalue weighted by Gasteiger charge is 2.15. The third kappa shape index (κ3) is 4.77. The molecule has 0 aliphatic heterocycles. The van der Waals surface area contributed by atoms with Crippen LogP contribution in [0, 0.1) is 17.0 Å². The number of benzene rings is 2. The molecule has 0 spiro atoms. The monoisotopic (exact) mass is 413 g/mol. The highest BCUT2D eigenvalue weighted by atomic mass is 35.5. The molecule has 1 aromatic heterocycles. The van der Waals surface area contributed by atoms with Gasteiger partial charge in [-0.05, 0) is 25.1 Å². The van der Waals surface area contributed by atoms with Gasteiger partial charge in [0, 0.05) is 6.07 Å². The number of carbonyl (C=O) groups is 1. The van der Waals surface area contributed by atoms with Gasteiger partial charge in [-0.1, -0.05) is 41.9 Å². The largest absolute Gasteiger partial charge is 0.477 e. The van der Waals surface area contributed by atoms with Crippen LogP contribution in [0.2, 0.25) is 5.15 Å². The topological polar surface area (TPSA) is 112 Å². The number of rotatable bonds is 7. The summed E-state index contributed by atoms with van der Waals surface area (Å²) in [5, 5.41) is 19.5. The first-order valence-electron chi connectivity index (χ1n) is 8.46. The van der Waals surface area contributed by atoms with Crippen LogP contribution in [-0.2, 0) is 4.79 Å². The van der Waals surface area contributed by atoms with Crippen molar-refractivity contribution < 1.29 is 14.5 Å². The van der Waals surface area contributed by atoms with Crippen LogP contribution >= 0.6 is 11.6 Å². The lowest BCUT2D eigenvalue weighted by Crippen LogP contribution is -2.24. The molecule has 1 N–H and O–H groups in total. The molecule has 10 heteroatoms. The van der Waals surface area contributed by atoms with E-state index in [1.54, 1.807) is 17.7 Å². The van der Waals surface area contributed by atoms with Crippen LogP contribution in [0.15, 0.2) is 59.7 Å². The number of para-hydroxylation sites is 3. The highest BCUT2D eigenvalue weighted by molar-refractivity contribution is 6.32. The fourth-order valence-corrected chi connectivity index (χ4v) is 2.79. The van der Waals surface area contributed by atoms with Gasteiger partial charge in [-0.3, -0.25) is 14.9 Å². The SMILES string of the molecule is Cc1nn(-c2ccccc2)c(Cl)c1/C=N\NC(=O)COc1ccccc1[N+](=O)[O-]. The number of hydrogen-bond acceptors (Lipinski definition) is 6. The predicted molar refractivity (Wildman–Crippen MR) is 108 cm³/mol. The Morgan fingerprint density at radius 2 is 1.97 bits per heavy atom. The second-order valence-electron chi connectivity index (χ2n) is 5.84. The second-order valence-corrected chi connectivity index (χ2v) is 6.20. The Kier molecular flexibility index (Phi) is 6.20. The zero-order chi connectivity index (χ0) is 20.8. The first-order valence-corrected chi connectivity index (χ1v) is 8.84. The Morgan fingerprint density at radius 1 is 1.28 bits per heavy atom. The lowest BCUT2D eigenvalue weighted by Gasteiger charge is -2.05. The smallest absolute Gasteiger partial charge is 0.310 e. The molecule has 29 heavy (non-hydrogen) atoms. The van der Waals surface area contributed by atoms with E-state index in [4.69, 9.17) is 16.3 Å². The molecule has 0 unspecified atom stereocenters. The number of nitro benzene ring substituents is 1. The second kappa shape index (κ2) is 8.98. The highest BCUT2D eigenvalue weighted by Crippen LogP contribution is 2.25. The van der Waals surface area contributed by atoms with Crippen LogP contribution < -0.4 is 10.2 Å². The Labute approximate surface area is 170 Å². The molecule has 0 atom stereocenters. The minimum atomic E-state index is -0.583. The summed E-state index contributed by atoms with van der Waals surface area (Å²) in [5.41, 5.74) is 4.05. The van der Waals surface area contributed by atoms with E-state index in [9.17, 15) is 14.9 Å². The Hall–Kier alpha value is -3.72. The van der Waals surface area contributed by atoms with Gasteiger partial charge in [0.15, 0.2) is 12.4 Å². The van der Waals surface area contributed by atoms with Crippen molar-refractivity contribution in [3.05, 3.63) is 81.1 Å². The summed E-state index contributed by atoms with van der Waals surface area (Å²) in [6.45, 7) is 1.34. The van der Waals surface area contributed by atoms with E-state index in [0.29, 0.717) is 16.4 Å². The van der Waals surface area contributed by atoms with E-state index in [-0.39, 0.29) is 11.4 Å². The molecule has 0 saturated carbocycles. The average Bonchev–Trinajstić information content (AvgIpc) is 3.01. The number of halogens is 1. The van der Waals surface area contributed by atoms with Crippen molar-refractivity contribution in [2.24, 2.45) is 5.10 Å². The fraction of sp³-hybridized carbons (Fsp3) is 0.105. The first-order chi connectivity index (χ1) is 14.0. The van der Waals surface area contributed by atoms with Crippen LogP contribution in [0.25, 0.3) is 5.69 Å². The van der Waals surface area contributed by atoms with Gasteiger partial charge in [-0.25, -0.2) is 10.1 Å². The summed E-state index contributed by atoms with van der Waals surface area (Å²) in [6.07, 6.45) is 1.38. The Bertz CT molecular complexity index is 1070. The van der Waals surface area contributed by atoms with Gasteiger partial charge in [0.25, 0.3) is 5.91 Å². The number of nitrogens with one attached hydrogen (secondary N) is 1. The standard InChI is InChI=1S/C19H16ClN5O4/c1-13-15(19(20)24(23-13)14-7-3-2-4-8-14)11-21-22-18(26)12-29-17-10-6-5-9-16(17)25(27)28/h2-11H,12H2,1H3,(H,22,26)/b21-11-. The predicted octanol–water partition coefficient (Wildman–Crippen LogP) is 3.27. The minimum absolute atomic E-state index is 0.000319. The van der Waals surface area contributed by atoms with Crippen LogP contribution in [0.5, 0.6) is 5.75 Å². The van der Waals surface area contributed by atoms with Gasteiger partial charge in [-0.15, -0.1) is 0 Å². The summed E-state index contributed by atoms with van der Waals surface area (Å²) in [4.78, 5) is 22.3. The van der Waals surface area contributed by atoms with Crippen molar-refractivity contribution >= 4 is 29.4 Å². The molecule has 0 saturated heterocycles. The molecular weight excluding hydrogens is 398 g/mol. The Morgan fingerprint density at radius 3 is 2.69 bits per heavy atom. The normalized spacial score (nSPS) is 10.8. The van der Waals surface area contributed by atoms with Crippen molar-refractivity contribution in [2.45, 2.75) is 6.92 Å². The average molecular weight is 414 g/mol. The van der Waals surface area contributed by atoms with Gasteiger partial charge >= 0.3 is 5.69 Å². The van der Waals surface area contributed by atoms with Crippen LogP contribution in [0.1, 0.15) is 11.3 Å². The van der Waals surface area contributed by atoms with Gasteiger partial charge < -0.3 is 4.74 Å². The third-order valence-corrected chi connectivity index (χ3v) is 4.22. The zero-order valence-electron chi connectivity index (χ0n) is 15.3. The molecule has 0 radical (unpaired) electrons. The summed E-state index contributed by atoms with van der Waals surface area (Å²) in [7, 11) is 0. The van der Waals surface area contributed by atoms with Crippen molar-refractivity contribution in [1.82, 2.24) is 15.2 Å². The number of hydrogen-bond donors (Lipinski definition) is 1. The molecule has 9 nitrogen and oxygen atoms in total. The molecule has 1 amide bonds. The van der Waals surface area contributed by atoms with Gasteiger partial charge in [0.05, 0.1) is 28.1 Å². The van der Waals surface area contributed by atoms with E-state index in [0.717, 1.165) is 5.69 Å². The molecule has 3 aromatic rings. The van der Waals surface area contributed by atoms with Gasteiger partial charge in [-0.2, -0.15) is 10.2 Å². The molecule has 2 aromatic carbocycles. The maximum Gasteiger partial charge on any atom is 0.310 e. The summed E-state index contributed by atoms with van der Waals surface area (Å²) in [6, 6.07) is 15.1. The Balaban J connectivity index is 1.63. The lowest BCUT2D eigenvalue weighted by atomic mass is 10.3. The van der Waals surface area contributed by atoms with Crippen molar-refractivity contribution in [1.29, 1.82) is 0 Å². The van der Waals surface area contributed by atoms with E-state index in [1.165, 1.54) is 24.4 Å². The van der Waals surface area contributed by atoms with Crippen molar-refractivity contribution in [3.8, 4) is 11.4 Å². The number of nitrogens with zero attached hydrogens (tertiary/aromatic N) is 4. The fourth-order valence-electron chi connectivity index (χ4n) is 2.47. The van der Waals surface area contributed by atoms with Gasteiger partial charge in [0.1, 0.15) is 5.15 Å². The number of nitro groups is 1. The minimum Gasteiger partial charge on any atom is -0.477 e. The molecule has 3 rings (SSSR count). The number of hydrazone groups is 1. The number of aryl methyl sites for hydroxylation is 1. The molecule has 0 fully saturated rings. The van der Waals surface area contributed by atoms with Crippen molar-refractivity contribution in [3.63, 3.8) is 0 Å². The molecule has 0 aliphatic rings. The summed E-state index contributed by atoms with van der Waals surface area (Å²) >= 11 is 6.38. The number of aromatic nitrogens is 2. The van der Waals surface area contributed by atoms with Crippen LogP contribution in [0.3, 0.4) is 0 Å². The maximum absolute atomic E-state index is 11.9. The van der Waals surface area contributed by atoms with Crippen molar-refractivity contribution in [2.75, 3.05) is 6.61 Å². The van der Waals surface area contributed by atoms with Crippen LogP contribution in [0.4, 0.5) is 5.69 Å². The maximum atomic E-state index is 11.9. The number of carbonyl (C=O) groups excluding carboxylic acids is 1. The van der Waals surface area contributed by atoms with E-state index in [2.05, 4.69) is 15.6 Å². The quantitative estimate of drug-likeness (QED) is 0.363. The van der Waals surface area contributed by atoms with E-state index >= 15 is 0 Å². The lowest BCUT2D eigenvalue weighted by molar-refractivity contribution is -0.385. The summed E-state index contributed by atoms with van der Waals surface area (Å²) in [5.74, 6) is -0.580. The summed E-state index contributed by atoms with van der Waals surface area (Å²) < 4.78 is 6.77. The number of amides is 1. The number of ether oxygens (including phenoxy) is 1. The van der Waals surface area contributed by atoms with E-state index < -0.39 is 17.4 Å². The van der Waals surface area contributed by atoms with Gasteiger partial charge in [0.2, 0.25) is 0 Å². The third-order valence-electron chi connectivity index (χ3n) is 3.85. The molecule has 0 aliphatic carbocycles. The molecule has 148 valence electrons. The van der Waals surface area contributed by atoms with E-state index in [1.807, 2.05) is 30.3 Å². The molecule has 0 bridgehead atoms.